The van der Waals surface area contributed by atoms with Crippen LogP contribution >= 0.6 is 0 Å². The fourth-order valence-electron chi connectivity index (χ4n) is 3.25. The van der Waals surface area contributed by atoms with Gasteiger partial charge in [-0.1, -0.05) is 12.1 Å². The highest BCUT2D eigenvalue weighted by Crippen LogP contribution is 2.35. The highest BCUT2D eigenvalue weighted by molar-refractivity contribution is 7.92. The molecule has 9 nitrogen and oxygen atoms in total. The number of aromatic amines is 1. The van der Waals surface area contributed by atoms with Crippen LogP contribution in [0, 0.1) is 5.82 Å². The molecule has 170 valence electrons. The fourth-order valence-corrected chi connectivity index (χ4v) is 4.40. The number of H-pyrrole nitrogens is 1. The molecule has 2 aromatic carbocycles. The number of sulfonamides is 1. The molecule has 2 N–H and O–H groups in total. The number of benzene rings is 2. The summed E-state index contributed by atoms with van der Waals surface area (Å²) in [5.41, 5.74) is 2.03. The number of ether oxygens (including phenoxy) is 2. The van der Waals surface area contributed by atoms with Gasteiger partial charge in [0, 0.05) is 23.4 Å². The summed E-state index contributed by atoms with van der Waals surface area (Å²) in [7, 11) is -2.80. The third-order valence-electron chi connectivity index (χ3n) is 4.78. The van der Waals surface area contributed by atoms with E-state index in [9.17, 15) is 12.8 Å². The first-order valence-corrected chi connectivity index (χ1v) is 11.3. The van der Waals surface area contributed by atoms with Crippen LogP contribution in [0.1, 0.15) is 6.92 Å². The van der Waals surface area contributed by atoms with Crippen molar-refractivity contribution in [1.29, 1.82) is 0 Å². The van der Waals surface area contributed by atoms with Gasteiger partial charge < -0.3 is 9.47 Å². The molecule has 4 rings (SSSR count). The Morgan fingerprint density at radius 2 is 1.94 bits per heavy atom. The third-order valence-corrected chi connectivity index (χ3v) is 6.18. The number of halogens is 1. The van der Waals surface area contributed by atoms with Crippen molar-refractivity contribution >= 4 is 39.3 Å². The van der Waals surface area contributed by atoms with E-state index in [2.05, 4.69) is 31.6 Å². The lowest BCUT2D eigenvalue weighted by molar-refractivity contribution is 0.344. The van der Waals surface area contributed by atoms with Crippen LogP contribution in [0.3, 0.4) is 0 Å². The first-order valence-electron chi connectivity index (χ1n) is 9.81. The summed E-state index contributed by atoms with van der Waals surface area (Å²) in [6, 6.07) is 11.7. The molecule has 33 heavy (non-hydrogen) atoms. The molecule has 0 bridgehead atoms. The molecule has 0 atom stereocenters. The van der Waals surface area contributed by atoms with Crippen molar-refractivity contribution in [3.8, 4) is 22.8 Å². The van der Waals surface area contributed by atoms with E-state index in [1.807, 2.05) is 6.92 Å². The van der Waals surface area contributed by atoms with E-state index in [0.717, 1.165) is 12.1 Å². The van der Waals surface area contributed by atoms with E-state index < -0.39 is 20.7 Å². The number of methoxy groups -OCH3 is 1. The molecule has 2 aromatic heterocycles. The molecule has 0 radical (unpaired) electrons. The molecule has 0 unspecified atom stereocenters. The molecule has 2 heterocycles. The normalized spacial score (nSPS) is 11.4. The maximum absolute atomic E-state index is 14.1. The lowest BCUT2D eigenvalue weighted by Crippen LogP contribution is -2.14. The van der Waals surface area contributed by atoms with Crippen molar-refractivity contribution in [1.82, 2.24) is 15.2 Å². The molecule has 0 saturated heterocycles. The quantitative estimate of drug-likeness (QED) is 0.371. The van der Waals surface area contributed by atoms with Gasteiger partial charge in [0.2, 0.25) is 0 Å². The number of hydrogen-bond donors (Lipinski definition) is 2. The molecule has 11 heteroatoms. The Morgan fingerprint density at radius 3 is 2.61 bits per heavy atom. The minimum atomic E-state index is -4.17. The number of pyridine rings is 1. The number of aliphatic imine (C=N–C) groups is 1. The molecule has 0 aliphatic carbocycles. The van der Waals surface area contributed by atoms with Gasteiger partial charge in [0.25, 0.3) is 10.0 Å². The first-order chi connectivity index (χ1) is 15.9. The van der Waals surface area contributed by atoms with Gasteiger partial charge in [0.1, 0.15) is 27.6 Å². The van der Waals surface area contributed by atoms with Crippen LogP contribution in [0.5, 0.6) is 11.5 Å². The van der Waals surface area contributed by atoms with Crippen LogP contribution < -0.4 is 14.2 Å². The summed E-state index contributed by atoms with van der Waals surface area (Å²) in [5, 5.41) is 7.52. The van der Waals surface area contributed by atoms with Gasteiger partial charge in [-0.2, -0.15) is 5.10 Å². The van der Waals surface area contributed by atoms with Crippen LogP contribution in [0.2, 0.25) is 0 Å². The van der Waals surface area contributed by atoms with Crippen molar-refractivity contribution in [2.24, 2.45) is 4.99 Å². The van der Waals surface area contributed by atoms with E-state index in [-0.39, 0.29) is 11.4 Å². The Balaban J connectivity index is 1.65. The van der Waals surface area contributed by atoms with Crippen molar-refractivity contribution < 1.29 is 22.3 Å². The van der Waals surface area contributed by atoms with Gasteiger partial charge in [0.05, 0.1) is 19.4 Å². The van der Waals surface area contributed by atoms with Crippen LogP contribution in [0.15, 0.2) is 58.4 Å². The number of aromatic nitrogens is 3. The second-order valence-electron chi connectivity index (χ2n) is 6.85. The largest absolute Gasteiger partial charge is 0.497 e. The highest BCUT2D eigenvalue weighted by Gasteiger charge is 2.21. The summed E-state index contributed by atoms with van der Waals surface area (Å²) in [4.78, 5) is 7.92. The molecule has 0 fully saturated rings. The molecule has 0 spiro atoms. The van der Waals surface area contributed by atoms with Crippen molar-refractivity contribution in [2.45, 2.75) is 11.8 Å². The second kappa shape index (κ2) is 8.87. The monoisotopic (exact) mass is 469 g/mol. The number of nitrogens with zero attached hydrogens (tertiary/aromatic N) is 3. The minimum Gasteiger partial charge on any atom is -0.497 e. The zero-order chi connectivity index (χ0) is 23.6. The molecule has 0 aliphatic heterocycles. The predicted octanol–water partition coefficient (Wildman–Crippen LogP) is 4.30. The number of rotatable bonds is 8. The number of fused-ring (bicyclic) bond motifs is 1. The Morgan fingerprint density at radius 1 is 1.18 bits per heavy atom. The molecule has 0 amide bonds. The van der Waals surface area contributed by atoms with Gasteiger partial charge in [-0.05, 0) is 37.9 Å². The number of nitrogens with one attached hydrogen (secondary N) is 2. The van der Waals surface area contributed by atoms with Crippen LogP contribution in [-0.4, -0.2) is 44.0 Å². The summed E-state index contributed by atoms with van der Waals surface area (Å²) >= 11 is 0. The van der Waals surface area contributed by atoms with E-state index in [1.54, 1.807) is 30.3 Å². The average molecular weight is 469 g/mol. The molecular weight excluding hydrogens is 449 g/mol. The number of anilines is 1. The van der Waals surface area contributed by atoms with Gasteiger partial charge in [-0.15, -0.1) is 0 Å². The van der Waals surface area contributed by atoms with E-state index >= 15 is 0 Å². The maximum Gasteiger partial charge on any atom is 0.264 e. The van der Waals surface area contributed by atoms with E-state index in [1.165, 1.54) is 13.2 Å². The molecule has 0 aliphatic rings. The van der Waals surface area contributed by atoms with Crippen molar-refractivity contribution in [3.63, 3.8) is 0 Å². The van der Waals surface area contributed by atoms with Gasteiger partial charge in [0.15, 0.2) is 11.5 Å². The fraction of sp³-hybridized carbons (Fsp3) is 0.136. The van der Waals surface area contributed by atoms with Crippen LogP contribution in [-0.2, 0) is 10.0 Å². The lowest BCUT2D eigenvalue weighted by atomic mass is 10.1. The van der Waals surface area contributed by atoms with Crippen LogP contribution in [0.25, 0.3) is 22.3 Å². The lowest BCUT2D eigenvalue weighted by Gasteiger charge is -2.11. The molecule has 4 aromatic rings. The van der Waals surface area contributed by atoms with Gasteiger partial charge >= 0.3 is 0 Å². The SMILES string of the molecule is C=Nc1n[nH]c2nc(-c3ccc(NS(=O)(=O)c4cc(OC)ccc4F)cc3)cc(OCC)c12. The Hall–Kier alpha value is -3.99. The molecular formula is C22H20FN5O4S. The Bertz CT molecular complexity index is 1440. The second-order valence-corrected chi connectivity index (χ2v) is 8.50. The highest BCUT2D eigenvalue weighted by atomic mass is 32.2. The first kappa shape index (κ1) is 22.2. The summed E-state index contributed by atoms with van der Waals surface area (Å²) in [5.74, 6) is 0.287. The Labute approximate surface area is 189 Å². The van der Waals surface area contributed by atoms with Crippen molar-refractivity contribution in [2.75, 3.05) is 18.4 Å². The standard InChI is InChI=1S/C22H20FN5O4S/c1-4-32-18-12-17(25-22-20(18)21(24-2)26-27-22)13-5-7-14(8-6-13)28-33(29,30)19-11-15(31-3)9-10-16(19)23/h5-12,28H,2,4H2,1,3H3,(H,25,26,27). The van der Waals surface area contributed by atoms with E-state index in [0.29, 0.717) is 40.5 Å². The van der Waals surface area contributed by atoms with Crippen molar-refractivity contribution in [3.05, 3.63) is 54.3 Å². The minimum absolute atomic E-state index is 0.229. The van der Waals surface area contributed by atoms with Gasteiger partial charge in [-0.25, -0.2) is 22.8 Å². The van der Waals surface area contributed by atoms with E-state index in [4.69, 9.17) is 9.47 Å². The summed E-state index contributed by atoms with van der Waals surface area (Å²) in [6.07, 6.45) is 0. The van der Waals surface area contributed by atoms with Crippen LogP contribution in [0.4, 0.5) is 15.9 Å². The summed E-state index contributed by atoms with van der Waals surface area (Å²) in [6.45, 7) is 5.80. The summed E-state index contributed by atoms with van der Waals surface area (Å²) < 4.78 is 52.6. The average Bonchev–Trinajstić information content (AvgIpc) is 3.23. The van der Waals surface area contributed by atoms with Gasteiger partial charge in [-0.3, -0.25) is 9.82 Å². The zero-order valence-electron chi connectivity index (χ0n) is 17.8. The topological polar surface area (TPSA) is 119 Å². The molecule has 0 saturated carbocycles. The predicted molar refractivity (Wildman–Crippen MR) is 123 cm³/mol. The maximum atomic E-state index is 14.1. The smallest absolute Gasteiger partial charge is 0.264 e. The Kier molecular flexibility index (Phi) is 5.97. The zero-order valence-corrected chi connectivity index (χ0v) is 18.6. The number of hydrogen-bond acceptors (Lipinski definition) is 7. The third kappa shape index (κ3) is 4.35.